The second-order valence-electron chi connectivity index (χ2n) is 4.62. The molecule has 0 saturated carbocycles. The van der Waals surface area contributed by atoms with Gasteiger partial charge < -0.3 is 10.1 Å². The first-order valence-corrected chi connectivity index (χ1v) is 7.97. The van der Waals surface area contributed by atoms with Crippen molar-refractivity contribution in [2.75, 3.05) is 14.2 Å². The van der Waals surface area contributed by atoms with Gasteiger partial charge in [-0.25, -0.2) is 0 Å². The van der Waals surface area contributed by atoms with E-state index in [4.69, 9.17) is 4.74 Å². The van der Waals surface area contributed by atoms with Gasteiger partial charge in [-0.1, -0.05) is 0 Å². The number of thiophene rings is 1. The Kier molecular flexibility index (Phi) is 6.13. The van der Waals surface area contributed by atoms with E-state index in [0.717, 1.165) is 16.6 Å². The second-order valence-corrected chi connectivity index (χ2v) is 8.37. The summed E-state index contributed by atoms with van der Waals surface area (Å²) >= 11 is 8.85. The van der Waals surface area contributed by atoms with Crippen molar-refractivity contribution in [1.29, 1.82) is 0 Å². The lowest BCUT2D eigenvalue weighted by Crippen LogP contribution is -2.25. The molecule has 1 atom stereocenters. The van der Waals surface area contributed by atoms with Gasteiger partial charge in [0.25, 0.3) is 0 Å². The molecule has 0 spiro atoms. The van der Waals surface area contributed by atoms with Gasteiger partial charge in [0.1, 0.15) is 0 Å². The Morgan fingerprint density at radius 3 is 2.53 bits per heavy atom. The van der Waals surface area contributed by atoms with Crippen LogP contribution in [0, 0.1) is 0 Å². The van der Waals surface area contributed by atoms with Crippen molar-refractivity contribution in [2.45, 2.75) is 38.3 Å². The molecule has 1 rings (SSSR count). The maximum atomic E-state index is 5.46. The summed E-state index contributed by atoms with van der Waals surface area (Å²) in [5.74, 6) is 0. The Balaban J connectivity index is 2.70. The predicted molar refractivity (Wildman–Crippen MR) is 81.8 cm³/mol. The molecule has 98 valence electrons. The first kappa shape index (κ1) is 15.6. The van der Waals surface area contributed by atoms with Crippen LogP contribution in [0.3, 0.4) is 0 Å². The molecule has 0 aliphatic heterocycles. The molecule has 0 radical (unpaired) electrons. The maximum Gasteiger partial charge on any atom is 0.0758 e. The average Bonchev–Trinajstić information content (AvgIpc) is 2.59. The van der Waals surface area contributed by atoms with Crippen molar-refractivity contribution >= 4 is 43.2 Å². The minimum atomic E-state index is -0.0607. The molecule has 1 aromatic rings. The van der Waals surface area contributed by atoms with Crippen molar-refractivity contribution in [2.24, 2.45) is 0 Å². The van der Waals surface area contributed by atoms with Crippen LogP contribution in [0.15, 0.2) is 13.6 Å². The van der Waals surface area contributed by atoms with Crippen LogP contribution in [-0.2, 0) is 4.74 Å². The highest BCUT2D eigenvalue weighted by Gasteiger charge is 2.21. The number of ether oxygens (including phenoxy) is 1. The van der Waals surface area contributed by atoms with Crippen LogP contribution in [0.4, 0.5) is 0 Å². The highest BCUT2D eigenvalue weighted by Crippen LogP contribution is 2.37. The average molecular weight is 385 g/mol. The van der Waals surface area contributed by atoms with Gasteiger partial charge in [-0.05, 0) is 77.2 Å². The molecule has 2 nitrogen and oxygen atoms in total. The van der Waals surface area contributed by atoms with Gasteiger partial charge in [-0.15, -0.1) is 11.3 Å². The monoisotopic (exact) mass is 383 g/mol. The van der Waals surface area contributed by atoms with Gasteiger partial charge in [-0.3, -0.25) is 0 Å². The molecular weight excluding hydrogens is 366 g/mol. The molecule has 1 unspecified atom stereocenters. The van der Waals surface area contributed by atoms with E-state index in [-0.39, 0.29) is 5.60 Å². The molecule has 0 aliphatic carbocycles. The summed E-state index contributed by atoms with van der Waals surface area (Å²) in [4.78, 5) is 0. The lowest BCUT2D eigenvalue weighted by atomic mass is 9.96. The van der Waals surface area contributed by atoms with E-state index >= 15 is 0 Å². The van der Waals surface area contributed by atoms with Crippen molar-refractivity contribution in [3.05, 3.63) is 19.2 Å². The maximum absolute atomic E-state index is 5.46. The minimum absolute atomic E-state index is 0.0607. The van der Waals surface area contributed by atoms with Gasteiger partial charge in [0.15, 0.2) is 0 Å². The summed E-state index contributed by atoms with van der Waals surface area (Å²) in [6, 6.07) is 2.54. The zero-order valence-electron chi connectivity index (χ0n) is 10.6. The van der Waals surface area contributed by atoms with Crippen LogP contribution in [0.2, 0.25) is 0 Å². The molecule has 1 heterocycles. The van der Waals surface area contributed by atoms with E-state index in [1.165, 1.54) is 9.35 Å². The summed E-state index contributed by atoms with van der Waals surface area (Å²) in [6.45, 7) is 4.25. The second kappa shape index (κ2) is 6.66. The van der Waals surface area contributed by atoms with Crippen LogP contribution in [0.25, 0.3) is 0 Å². The van der Waals surface area contributed by atoms with Gasteiger partial charge in [0.2, 0.25) is 0 Å². The predicted octanol–water partition coefficient (Wildman–Crippen LogP) is 4.74. The van der Waals surface area contributed by atoms with Crippen molar-refractivity contribution in [3.8, 4) is 0 Å². The van der Waals surface area contributed by atoms with Gasteiger partial charge in [0.05, 0.1) is 13.2 Å². The third-order valence-electron chi connectivity index (χ3n) is 2.99. The molecule has 0 bridgehead atoms. The highest BCUT2D eigenvalue weighted by molar-refractivity contribution is 9.12. The van der Waals surface area contributed by atoms with Crippen LogP contribution < -0.4 is 5.32 Å². The summed E-state index contributed by atoms with van der Waals surface area (Å²) < 4.78 is 7.81. The minimum Gasteiger partial charge on any atom is -0.379 e. The molecule has 1 N–H and O–H groups in total. The van der Waals surface area contributed by atoms with Crippen LogP contribution in [-0.4, -0.2) is 19.8 Å². The van der Waals surface area contributed by atoms with Gasteiger partial charge in [0, 0.05) is 13.2 Å². The summed E-state index contributed by atoms with van der Waals surface area (Å²) in [7, 11) is 3.77. The van der Waals surface area contributed by atoms with E-state index in [9.17, 15) is 0 Å². The first-order chi connectivity index (χ1) is 7.89. The fourth-order valence-electron chi connectivity index (χ4n) is 1.64. The Labute approximate surface area is 124 Å². The largest absolute Gasteiger partial charge is 0.379 e. The Bertz CT molecular complexity index is 365. The fraction of sp³-hybridized carbons (Fsp3) is 0.667. The lowest BCUT2D eigenvalue weighted by molar-refractivity contribution is 0.0118. The topological polar surface area (TPSA) is 21.3 Å². The van der Waals surface area contributed by atoms with E-state index in [1.54, 1.807) is 18.4 Å². The van der Waals surface area contributed by atoms with Crippen molar-refractivity contribution < 1.29 is 4.74 Å². The zero-order valence-corrected chi connectivity index (χ0v) is 14.6. The molecule has 5 heteroatoms. The molecule has 0 amide bonds. The zero-order chi connectivity index (χ0) is 13.1. The number of hydrogen-bond acceptors (Lipinski definition) is 3. The van der Waals surface area contributed by atoms with Crippen molar-refractivity contribution in [3.63, 3.8) is 0 Å². The summed E-state index contributed by atoms with van der Waals surface area (Å²) in [5.41, 5.74) is 1.26. The molecule has 0 fully saturated rings. The molecule has 1 aromatic heterocycles. The fourth-order valence-corrected chi connectivity index (χ4v) is 4.61. The Morgan fingerprint density at radius 2 is 2.12 bits per heavy atom. The third kappa shape index (κ3) is 4.63. The molecule has 0 saturated heterocycles. The lowest BCUT2D eigenvalue weighted by Gasteiger charge is -2.25. The normalized spacial score (nSPS) is 14.0. The number of hydrogen-bond donors (Lipinski definition) is 1. The van der Waals surface area contributed by atoms with Gasteiger partial charge >= 0.3 is 0 Å². The molecule has 17 heavy (non-hydrogen) atoms. The summed E-state index contributed by atoms with van der Waals surface area (Å²) in [5, 5.41) is 3.37. The molecule has 0 aromatic carbocycles. The first-order valence-electron chi connectivity index (χ1n) is 5.57. The Hall–Kier alpha value is 0.580. The number of halogens is 2. The number of nitrogens with one attached hydrogen (secondary N) is 1. The Morgan fingerprint density at radius 1 is 1.47 bits per heavy atom. The quantitative estimate of drug-likeness (QED) is 0.764. The van der Waals surface area contributed by atoms with E-state index in [2.05, 4.69) is 57.1 Å². The van der Waals surface area contributed by atoms with E-state index in [0.29, 0.717) is 6.04 Å². The van der Waals surface area contributed by atoms with E-state index < -0.39 is 0 Å². The van der Waals surface area contributed by atoms with Crippen molar-refractivity contribution in [1.82, 2.24) is 5.32 Å². The number of rotatable bonds is 6. The third-order valence-corrected chi connectivity index (χ3v) is 5.38. The van der Waals surface area contributed by atoms with Crippen LogP contribution in [0.1, 0.15) is 38.3 Å². The number of methoxy groups -OCH3 is 1. The van der Waals surface area contributed by atoms with Crippen LogP contribution in [0.5, 0.6) is 0 Å². The van der Waals surface area contributed by atoms with Gasteiger partial charge in [-0.2, -0.15) is 0 Å². The smallest absolute Gasteiger partial charge is 0.0758 e. The molecular formula is C12H19Br2NOS. The summed E-state index contributed by atoms with van der Waals surface area (Å²) in [6.07, 6.45) is 2.08. The van der Waals surface area contributed by atoms with Crippen LogP contribution >= 0.6 is 43.2 Å². The molecule has 0 aliphatic rings. The van der Waals surface area contributed by atoms with E-state index in [1.807, 2.05) is 7.05 Å². The highest BCUT2D eigenvalue weighted by atomic mass is 79.9. The standard InChI is InChI=1S/C12H19Br2NOS/c1-12(2,16-4)6-5-9(15-3)8-7-10(13)17-11(8)14/h7,9,15H,5-6H2,1-4H3. The SMILES string of the molecule is CNC(CCC(C)(C)OC)c1cc(Br)sc1Br.